The zero-order valence-electron chi connectivity index (χ0n) is 10.7. The Hall–Kier alpha value is -2.43. The number of rotatable bonds is 5. The van der Waals surface area contributed by atoms with Crippen LogP contribution in [-0.4, -0.2) is 20.2 Å². The average Bonchev–Trinajstić information content (AvgIpc) is 2.93. The van der Waals surface area contributed by atoms with E-state index < -0.39 is 5.97 Å². The molecule has 0 aliphatic carbocycles. The molecule has 5 nitrogen and oxygen atoms in total. The van der Waals surface area contributed by atoms with Gasteiger partial charge >= 0.3 is 5.97 Å². The lowest BCUT2D eigenvalue weighted by molar-refractivity contribution is 0.0561. The maximum Gasteiger partial charge on any atom is 0.373 e. The van der Waals surface area contributed by atoms with Crippen molar-refractivity contribution in [2.24, 2.45) is 0 Å². The van der Waals surface area contributed by atoms with Crippen LogP contribution in [-0.2, 0) is 11.3 Å². The Morgan fingerprint density at radius 2 is 1.74 bits per heavy atom. The van der Waals surface area contributed by atoms with Crippen molar-refractivity contribution in [2.45, 2.75) is 6.61 Å². The predicted molar refractivity (Wildman–Crippen MR) is 67.4 cm³/mol. The maximum absolute atomic E-state index is 11.2. The Labute approximate surface area is 110 Å². The van der Waals surface area contributed by atoms with Crippen LogP contribution in [0.3, 0.4) is 0 Å². The molecule has 0 spiro atoms. The molecular weight excluding hydrogens is 248 g/mol. The molecule has 0 fully saturated rings. The van der Waals surface area contributed by atoms with E-state index in [1.54, 1.807) is 43.5 Å². The molecule has 0 amide bonds. The number of carbonyl (C=O) groups excluding carboxylic acids is 1. The lowest BCUT2D eigenvalue weighted by atomic mass is 10.3. The van der Waals surface area contributed by atoms with E-state index in [1.807, 2.05) is 0 Å². The second-order valence-corrected chi connectivity index (χ2v) is 3.72. The van der Waals surface area contributed by atoms with Crippen LogP contribution in [0.5, 0.6) is 11.5 Å². The molecule has 0 saturated heterocycles. The van der Waals surface area contributed by atoms with Crippen LogP contribution in [0.1, 0.15) is 16.3 Å². The molecule has 100 valence electrons. The normalized spacial score (nSPS) is 10.0. The van der Waals surface area contributed by atoms with Crippen LogP contribution in [0.15, 0.2) is 40.8 Å². The van der Waals surface area contributed by atoms with E-state index in [1.165, 1.54) is 7.11 Å². The summed E-state index contributed by atoms with van der Waals surface area (Å²) in [5, 5.41) is 0. The molecule has 1 aromatic heterocycles. The summed E-state index contributed by atoms with van der Waals surface area (Å²) in [6, 6.07) is 10.4. The molecular formula is C14H14O5. The van der Waals surface area contributed by atoms with Gasteiger partial charge in [-0.25, -0.2) is 4.79 Å². The molecule has 0 bridgehead atoms. The van der Waals surface area contributed by atoms with E-state index in [2.05, 4.69) is 4.74 Å². The summed E-state index contributed by atoms with van der Waals surface area (Å²) in [7, 11) is 2.91. The van der Waals surface area contributed by atoms with Gasteiger partial charge in [0, 0.05) is 0 Å². The topological polar surface area (TPSA) is 57.9 Å². The maximum atomic E-state index is 11.2. The second-order valence-electron chi connectivity index (χ2n) is 3.72. The van der Waals surface area contributed by atoms with Crippen molar-refractivity contribution >= 4 is 5.97 Å². The molecule has 1 aromatic carbocycles. The van der Waals surface area contributed by atoms with E-state index in [-0.39, 0.29) is 12.4 Å². The van der Waals surface area contributed by atoms with Crippen molar-refractivity contribution < 1.29 is 23.4 Å². The van der Waals surface area contributed by atoms with Gasteiger partial charge in [-0.1, -0.05) is 0 Å². The third kappa shape index (κ3) is 3.28. The first-order valence-electron chi connectivity index (χ1n) is 5.67. The molecule has 0 aliphatic heterocycles. The van der Waals surface area contributed by atoms with Crippen molar-refractivity contribution in [1.82, 2.24) is 0 Å². The highest BCUT2D eigenvalue weighted by Gasteiger charge is 2.11. The number of ether oxygens (including phenoxy) is 3. The van der Waals surface area contributed by atoms with Crippen molar-refractivity contribution in [3.63, 3.8) is 0 Å². The van der Waals surface area contributed by atoms with Crippen LogP contribution >= 0.6 is 0 Å². The van der Waals surface area contributed by atoms with E-state index in [4.69, 9.17) is 13.9 Å². The van der Waals surface area contributed by atoms with E-state index in [9.17, 15) is 4.79 Å². The average molecular weight is 262 g/mol. The molecule has 2 rings (SSSR count). The number of benzene rings is 1. The second kappa shape index (κ2) is 5.95. The van der Waals surface area contributed by atoms with Gasteiger partial charge in [0.25, 0.3) is 0 Å². The zero-order valence-corrected chi connectivity index (χ0v) is 10.7. The first-order valence-corrected chi connectivity index (χ1v) is 5.67. The molecule has 19 heavy (non-hydrogen) atoms. The highest BCUT2D eigenvalue weighted by Crippen LogP contribution is 2.19. The van der Waals surface area contributed by atoms with Crippen molar-refractivity contribution in [3.05, 3.63) is 47.9 Å². The minimum atomic E-state index is -0.504. The SMILES string of the molecule is COC(=O)c1ccc(COc2ccc(OC)cc2)o1. The summed E-state index contributed by atoms with van der Waals surface area (Å²) in [5.41, 5.74) is 0. The molecule has 0 unspecified atom stereocenters. The fraction of sp³-hybridized carbons (Fsp3) is 0.214. The van der Waals surface area contributed by atoms with E-state index in [0.29, 0.717) is 11.5 Å². The van der Waals surface area contributed by atoms with Crippen LogP contribution in [0.25, 0.3) is 0 Å². The molecule has 1 heterocycles. The van der Waals surface area contributed by atoms with Crippen LogP contribution in [0.4, 0.5) is 0 Å². The summed E-state index contributed by atoms with van der Waals surface area (Å²) in [5.74, 6) is 1.66. The Morgan fingerprint density at radius 1 is 1.05 bits per heavy atom. The van der Waals surface area contributed by atoms with Gasteiger partial charge in [0.05, 0.1) is 14.2 Å². The van der Waals surface area contributed by atoms with E-state index in [0.717, 1.165) is 5.75 Å². The Bertz CT molecular complexity index is 541. The quantitative estimate of drug-likeness (QED) is 0.775. The van der Waals surface area contributed by atoms with Gasteiger partial charge in [0.2, 0.25) is 5.76 Å². The minimum Gasteiger partial charge on any atom is -0.497 e. The zero-order chi connectivity index (χ0) is 13.7. The van der Waals surface area contributed by atoms with Gasteiger partial charge in [-0.15, -0.1) is 0 Å². The summed E-state index contributed by atoms with van der Waals surface area (Å²) in [6.07, 6.45) is 0. The summed E-state index contributed by atoms with van der Waals surface area (Å²) >= 11 is 0. The first-order chi connectivity index (χ1) is 9.22. The number of hydrogen-bond acceptors (Lipinski definition) is 5. The lowest BCUT2D eigenvalue weighted by Crippen LogP contribution is -1.99. The fourth-order valence-corrected chi connectivity index (χ4v) is 1.49. The molecule has 0 radical (unpaired) electrons. The fourth-order valence-electron chi connectivity index (χ4n) is 1.49. The highest BCUT2D eigenvalue weighted by molar-refractivity contribution is 5.86. The predicted octanol–water partition coefficient (Wildman–Crippen LogP) is 2.65. The highest BCUT2D eigenvalue weighted by atomic mass is 16.5. The standard InChI is InChI=1S/C14H14O5/c1-16-10-3-5-11(6-4-10)18-9-12-7-8-13(19-12)14(15)17-2/h3-8H,9H2,1-2H3. The summed E-state index contributed by atoms with van der Waals surface area (Å²) in [6.45, 7) is 0.239. The molecule has 0 aliphatic rings. The van der Waals surface area contributed by atoms with Gasteiger partial charge < -0.3 is 18.6 Å². The largest absolute Gasteiger partial charge is 0.497 e. The third-order valence-corrected chi connectivity index (χ3v) is 2.49. The monoisotopic (exact) mass is 262 g/mol. The van der Waals surface area contributed by atoms with Gasteiger partial charge in [-0.05, 0) is 36.4 Å². The molecule has 0 saturated carbocycles. The molecule has 5 heteroatoms. The third-order valence-electron chi connectivity index (χ3n) is 2.49. The number of hydrogen-bond donors (Lipinski definition) is 0. The number of furan rings is 1. The number of carbonyl (C=O) groups is 1. The van der Waals surface area contributed by atoms with Crippen LogP contribution < -0.4 is 9.47 Å². The lowest BCUT2D eigenvalue weighted by Gasteiger charge is -2.05. The number of methoxy groups -OCH3 is 2. The Kier molecular flexibility index (Phi) is 4.07. The van der Waals surface area contributed by atoms with Gasteiger partial charge in [0.15, 0.2) is 0 Å². The number of esters is 1. The van der Waals surface area contributed by atoms with Gasteiger partial charge in [-0.3, -0.25) is 0 Å². The first kappa shape index (κ1) is 13.0. The Morgan fingerprint density at radius 3 is 2.37 bits per heavy atom. The molecule has 0 N–H and O–H groups in total. The van der Waals surface area contributed by atoms with Gasteiger partial charge in [-0.2, -0.15) is 0 Å². The van der Waals surface area contributed by atoms with Crippen molar-refractivity contribution in [1.29, 1.82) is 0 Å². The Balaban J connectivity index is 1.94. The minimum absolute atomic E-state index is 0.163. The molecule has 0 atom stereocenters. The van der Waals surface area contributed by atoms with Crippen LogP contribution in [0.2, 0.25) is 0 Å². The molecule has 2 aromatic rings. The van der Waals surface area contributed by atoms with E-state index >= 15 is 0 Å². The van der Waals surface area contributed by atoms with Crippen LogP contribution in [0, 0.1) is 0 Å². The smallest absolute Gasteiger partial charge is 0.373 e. The van der Waals surface area contributed by atoms with Crippen molar-refractivity contribution in [2.75, 3.05) is 14.2 Å². The summed E-state index contributed by atoms with van der Waals surface area (Å²) < 4.78 is 20.4. The summed E-state index contributed by atoms with van der Waals surface area (Å²) in [4.78, 5) is 11.2. The van der Waals surface area contributed by atoms with Crippen molar-refractivity contribution in [3.8, 4) is 11.5 Å². The van der Waals surface area contributed by atoms with Gasteiger partial charge in [0.1, 0.15) is 23.9 Å².